The smallest absolute Gasteiger partial charge is 0.247 e. The quantitative estimate of drug-likeness (QED) is 0.936. The number of para-hydroxylation sites is 1. The van der Waals surface area contributed by atoms with Crippen molar-refractivity contribution in [3.05, 3.63) is 36.0 Å². The minimum absolute atomic E-state index is 0. The van der Waals surface area contributed by atoms with E-state index in [4.69, 9.17) is 5.73 Å². The van der Waals surface area contributed by atoms with Crippen LogP contribution in [0.2, 0.25) is 0 Å². The van der Waals surface area contributed by atoms with Crippen LogP contribution in [0.3, 0.4) is 0 Å². The molecular formula is C15H23Cl2N3O. The van der Waals surface area contributed by atoms with E-state index in [1.54, 1.807) is 11.5 Å². The standard InChI is InChI=1S/C15H21N3O.2ClH/c1-11(16)15(19)18-10-12(8-9-17(2)3)13-6-4-5-7-14(13)18;;/h4-7,10-11H,8-9,16H2,1-3H3;2*1H/t11-;;/m0../s1. The molecule has 0 radical (unpaired) electrons. The van der Waals surface area contributed by atoms with Gasteiger partial charge < -0.3 is 10.6 Å². The third kappa shape index (κ3) is 4.45. The molecule has 2 aromatic rings. The molecule has 0 aliphatic heterocycles. The van der Waals surface area contributed by atoms with E-state index >= 15 is 0 Å². The van der Waals surface area contributed by atoms with Gasteiger partial charge in [-0.25, -0.2) is 0 Å². The van der Waals surface area contributed by atoms with Gasteiger partial charge in [-0.05, 0) is 39.1 Å². The van der Waals surface area contributed by atoms with Gasteiger partial charge in [0.1, 0.15) is 0 Å². The molecule has 0 fully saturated rings. The lowest BCUT2D eigenvalue weighted by Gasteiger charge is -2.08. The van der Waals surface area contributed by atoms with Gasteiger partial charge in [0.25, 0.3) is 0 Å². The normalized spacial score (nSPS) is 11.9. The Morgan fingerprint density at radius 3 is 2.48 bits per heavy atom. The molecule has 0 spiro atoms. The summed E-state index contributed by atoms with van der Waals surface area (Å²) in [6, 6.07) is 7.49. The van der Waals surface area contributed by atoms with Gasteiger partial charge in [0.15, 0.2) is 0 Å². The number of rotatable bonds is 4. The van der Waals surface area contributed by atoms with Gasteiger partial charge in [-0.2, -0.15) is 0 Å². The molecule has 0 bridgehead atoms. The predicted octanol–water partition coefficient (Wildman–Crippen LogP) is 2.58. The van der Waals surface area contributed by atoms with Crippen LogP contribution in [0.5, 0.6) is 0 Å². The van der Waals surface area contributed by atoms with Gasteiger partial charge in [0.2, 0.25) is 5.91 Å². The second-order valence-corrected chi connectivity index (χ2v) is 5.22. The van der Waals surface area contributed by atoms with Crippen LogP contribution in [0.4, 0.5) is 0 Å². The highest BCUT2D eigenvalue weighted by Gasteiger charge is 2.15. The fourth-order valence-corrected chi connectivity index (χ4v) is 2.20. The lowest BCUT2D eigenvalue weighted by atomic mass is 10.1. The van der Waals surface area contributed by atoms with Crippen molar-refractivity contribution in [1.29, 1.82) is 0 Å². The molecule has 1 heterocycles. The maximum absolute atomic E-state index is 12.1. The zero-order valence-electron chi connectivity index (χ0n) is 12.6. The molecule has 0 amide bonds. The number of carbonyl (C=O) groups excluding carboxylic acids is 1. The molecule has 1 aromatic carbocycles. The lowest BCUT2D eigenvalue weighted by Crippen LogP contribution is -2.31. The monoisotopic (exact) mass is 331 g/mol. The summed E-state index contributed by atoms with van der Waals surface area (Å²) in [6.07, 6.45) is 2.85. The molecule has 6 heteroatoms. The maximum Gasteiger partial charge on any atom is 0.247 e. The van der Waals surface area contributed by atoms with Gasteiger partial charge in [-0.3, -0.25) is 9.36 Å². The van der Waals surface area contributed by atoms with E-state index in [1.165, 1.54) is 5.56 Å². The van der Waals surface area contributed by atoms with Crippen molar-refractivity contribution in [2.45, 2.75) is 19.4 Å². The van der Waals surface area contributed by atoms with E-state index in [1.807, 2.05) is 38.5 Å². The van der Waals surface area contributed by atoms with Crippen molar-refractivity contribution >= 4 is 41.6 Å². The van der Waals surface area contributed by atoms with Crippen molar-refractivity contribution in [2.24, 2.45) is 5.73 Å². The Bertz CT molecular complexity index is 594. The third-order valence-electron chi connectivity index (χ3n) is 3.25. The lowest BCUT2D eigenvalue weighted by molar-refractivity contribution is 0.0892. The molecule has 1 aromatic heterocycles. The largest absolute Gasteiger partial charge is 0.320 e. The molecule has 0 saturated carbocycles. The summed E-state index contributed by atoms with van der Waals surface area (Å²) in [7, 11) is 4.10. The molecule has 0 unspecified atom stereocenters. The molecule has 1 atom stereocenters. The number of fused-ring (bicyclic) bond motifs is 1. The molecule has 0 saturated heterocycles. The van der Waals surface area contributed by atoms with Crippen LogP contribution in [0.25, 0.3) is 10.9 Å². The second-order valence-electron chi connectivity index (χ2n) is 5.22. The van der Waals surface area contributed by atoms with Crippen LogP contribution in [-0.2, 0) is 6.42 Å². The van der Waals surface area contributed by atoms with Crippen LogP contribution >= 0.6 is 24.8 Å². The fraction of sp³-hybridized carbons (Fsp3) is 0.400. The van der Waals surface area contributed by atoms with E-state index in [0.717, 1.165) is 23.9 Å². The van der Waals surface area contributed by atoms with Crippen LogP contribution in [-0.4, -0.2) is 42.1 Å². The highest BCUT2D eigenvalue weighted by Crippen LogP contribution is 2.22. The average Bonchev–Trinajstić information content (AvgIpc) is 2.74. The van der Waals surface area contributed by atoms with Crippen molar-refractivity contribution < 1.29 is 4.79 Å². The van der Waals surface area contributed by atoms with E-state index < -0.39 is 6.04 Å². The van der Waals surface area contributed by atoms with E-state index in [0.29, 0.717) is 0 Å². The van der Waals surface area contributed by atoms with Crippen LogP contribution < -0.4 is 5.73 Å². The minimum Gasteiger partial charge on any atom is -0.320 e. The second kappa shape index (κ2) is 8.39. The summed E-state index contributed by atoms with van der Waals surface area (Å²) in [5.74, 6) is -0.0627. The van der Waals surface area contributed by atoms with Crippen molar-refractivity contribution in [2.75, 3.05) is 20.6 Å². The highest BCUT2D eigenvalue weighted by molar-refractivity contribution is 5.96. The first-order valence-electron chi connectivity index (χ1n) is 6.54. The zero-order chi connectivity index (χ0) is 14.0. The van der Waals surface area contributed by atoms with Crippen molar-refractivity contribution in [3.8, 4) is 0 Å². The number of halogens is 2. The molecular weight excluding hydrogens is 309 g/mol. The molecule has 0 aliphatic rings. The number of nitrogens with zero attached hydrogens (tertiary/aromatic N) is 2. The van der Waals surface area contributed by atoms with Gasteiger partial charge in [-0.15, -0.1) is 24.8 Å². The van der Waals surface area contributed by atoms with Gasteiger partial charge >= 0.3 is 0 Å². The minimum atomic E-state index is -0.488. The molecule has 2 N–H and O–H groups in total. The highest BCUT2D eigenvalue weighted by atomic mass is 35.5. The maximum atomic E-state index is 12.1. The van der Waals surface area contributed by atoms with E-state index in [9.17, 15) is 4.79 Å². The SMILES string of the molecule is C[C@H](N)C(=O)n1cc(CCN(C)C)c2ccccc21.Cl.Cl. The Balaban J connectivity index is 0.00000200. The molecule has 118 valence electrons. The van der Waals surface area contributed by atoms with Crippen molar-refractivity contribution in [1.82, 2.24) is 9.47 Å². The zero-order valence-corrected chi connectivity index (χ0v) is 14.2. The fourth-order valence-electron chi connectivity index (χ4n) is 2.20. The molecule has 2 rings (SSSR count). The van der Waals surface area contributed by atoms with Gasteiger partial charge in [-0.1, -0.05) is 18.2 Å². The molecule has 21 heavy (non-hydrogen) atoms. The Hall–Kier alpha value is -1.07. The number of benzene rings is 1. The van der Waals surface area contributed by atoms with Crippen LogP contribution in [0, 0.1) is 0 Å². The van der Waals surface area contributed by atoms with Gasteiger partial charge in [0.05, 0.1) is 11.6 Å². The Morgan fingerprint density at radius 1 is 1.29 bits per heavy atom. The number of likely N-dealkylation sites (N-methyl/N-ethyl adjacent to an activating group) is 1. The summed E-state index contributed by atoms with van der Waals surface area (Å²) < 4.78 is 1.69. The Morgan fingerprint density at radius 2 is 1.90 bits per heavy atom. The summed E-state index contributed by atoms with van der Waals surface area (Å²) in [6.45, 7) is 2.68. The van der Waals surface area contributed by atoms with E-state index in [-0.39, 0.29) is 30.7 Å². The number of carbonyl (C=O) groups is 1. The summed E-state index contributed by atoms with van der Waals surface area (Å²) >= 11 is 0. The summed E-state index contributed by atoms with van der Waals surface area (Å²) in [4.78, 5) is 14.3. The molecule has 0 aliphatic carbocycles. The molecule has 4 nitrogen and oxygen atoms in total. The summed E-state index contributed by atoms with van der Waals surface area (Å²) in [5, 5.41) is 1.14. The first kappa shape index (κ1) is 19.9. The first-order chi connectivity index (χ1) is 9.00. The third-order valence-corrected chi connectivity index (χ3v) is 3.25. The average molecular weight is 332 g/mol. The number of nitrogens with two attached hydrogens (primary N) is 1. The van der Waals surface area contributed by atoms with Gasteiger partial charge in [0, 0.05) is 18.1 Å². The Kier molecular flexibility index (Phi) is 7.96. The summed E-state index contributed by atoms with van der Waals surface area (Å²) in [5.41, 5.74) is 7.85. The number of hydrogen-bond donors (Lipinski definition) is 1. The topological polar surface area (TPSA) is 51.3 Å². The number of aromatic nitrogens is 1. The van der Waals surface area contributed by atoms with Crippen LogP contribution in [0.15, 0.2) is 30.5 Å². The Labute approximate surface area is 138 Å². The first-order valence-corrected chi connectivity index (χ1v) is 6.54. The number of hydrogen-bond acceptors (Lipinski definition) is 3. The predicted molar refractivity (Wildman–Crippen MR) is 93.0 cm³/mol. The van der Waals surface area contributed by atoms with Crippen molar-refractivity contribution in [3.63, 3.8) is 0 Å². The van der Waals surface area contributed by atoms with E-state index in [2.05, 4.69) is 11.0 Å². The van der Waals surface area contributed by atoms with Crippen LogP contribution in [0.1, 0.15) is 17.3 Å².